The van der Waals surface area contributed by atoms with E-state index in [0.29, 0.717) is 18.3 Å². The summed E-state index contributed by atoms with van der Waals surface area (Å²) in [6.45, 7) is 0.304. The van der Waals surface area contributed by atoms with E-state index < -0.39 is 9.84 Å². The van der Waals surface area contributed by atoms with Crippen molar-refractivity contribution >= 4 is 21.4 Å². The van der Waals surface area contributed by atoms with Gasteiger partial charge in [0.2, 0.25) is 5.91 Å². The molecule has 1 aromatic rings. The SMILES string of the molecule is COc1cccc(N2C(=O)CN(C3CCCCCC3)[C@H]3CS(=O)(=O)C[C@H]32)c1. The standard InChI is InChI=1S/C20H28N2O4S/c1-26-17-10-6-9-16(11-17)22-19-14-27(24,25)13-18(19)21(12-20(22)23)15-7-4-2-3-5-8-15/h6,9-11,15,18-19H,2-5,7-8,12-14H2,1H3/t18-,19+/m0/s1. The maximum Gasteiger partial charge on any atom is 0.241 e. The summed E-state index contributed by atoms with van der Waals surface area (Å²) in [6, 6.07) is 7.26. The van der Waals surface area contributed by atoms with Gasteiger partial charge in [-0.1, -0.05) is 31.7 Å². The summed E-state index contributed by atoms with van der Waals surface area (Å²) in [5.74, 6) is 0.862. The number of ether oxygens (including phenoxy) is 1. The minimum absolute atomic E-state index is 0.00847. The number of hydrogen-bond donors (Lipinski definition) is 0. The van der Waals surface area contributed by atoms with Crippen molar-refractivity contribution in [3.05, 3.63) is 24.3 Å². The summed E-state index contributed by atoms with van der Waals surface area (Å²) >= 11 is 0. The lowest BCUT2D eigenvalue weighted by Gasteiger charge is -2.46. The Morgan fingerprint density at radius 3 is 2.44 bits per heavy atom. The van der Waals surface area contributed by atoms with Crippen LogP contribution in [0.5, 0.6) is 5.75 Å². The Balaban J connectivity index is 1.67. The van der Waals surface area contributed by atoms with E-state index in [0.717, 1.165) is 18.5 Å². The van der Waals surface area contributed by atoms with Crippen molar-refractivity contribution in [1.29, 1.82) is 0 Å². The van der Waals surface area contributed by atoms with Crippen LogP contribution in [0, 0.1) is 0 Å². The summed E-state index contributed by atoms with van der Waals surface area (Å²) in [5, 5.41) is 0. The fourth-order valence-electron chi connectivity index (χ4n) is 4.99. The predicted octanol–water partition coefficient (Wildman–Crippen LogP) is 2.23. The van der Waals surface area contributed by atoms with Crippen molar-refractivity contribution in [3.63, 3.8) is 0 Å². The molecule has 2 atom stereocenters. The van der Waals surface area contributed by atoms with Crippen LogP contribution in [0.3, 0.4) is 0 Å². The first-order chi connectivity index (χ1) is 13.0. The summed E-state index contributed by atoms with van der Waals surface area (Å²) < 4.78 is 30.3. The van der Waals surface area contributed by atoms with Crippen molar-refractivity contribution in [2.24, 2.45) is 0 Å². The molecule has 4 rings (SSSR count). The Labute approximate surface area is 161 Å². The Bertz CT molecular complexity index is 802. The molecule has 3 aliphatic rings. The predicted molar refractivity (Wildman–Crippen MR) is 105 cm³/mol. The van der Waals surface area contributed by atoms with Gasteiger partial charge < -0.3 is 9.64 Å². The van der Waals surface area contributed by atoms with Crippen LogP contribution in [0.15, 0.2) is 24.3 Å². The molecule has 0 unspecified atom stereocenters. The van der Waals surface area contributed by atoms with Gasteiger partial charge in [-0.25, -0.2) is 8.42 Å². The average Bonchev–Trinajstić information content (AvgIpc) is 2.82. The lowest BCUT2D eigenvalue weighted by molar-refractivity contribution is -0.124. The first-order valence-corrected chi connectivity index (χ1v) is 11.7. The van der Waals surface area contributed by atoms with Gasteiger partial charge in [0.05, 0.1) is 31.2 Å². The smallest absolute Gasteiger partial charge is 0.241 e. The summed E-state index contributed by atoms with van der Waals surface area (Å²) in [6.07, 6.45) is 6.94. The molecular weight excluding hydrogens is 364 g/mol. The van der Waals surface area contributed by atoms with Crippen LogP contribution in [0.1, 0.15) is 38.5 Å². The Morgan fingerprint density at radius 1 is 1.04 bits per heavy atom. The Kier molecular flexibility index (Phi) is 5.16. The van der Waals surface area contributed by atoms with Crippen molar-refractivity contribution in [3.8, 4) is 5.75 Å². The van der Waals surface area contributed by atoms with Gasteiger partial charge in [0.1, 0.15) is 5.75 Å². The number of hydrogen-bond acceptors (Lipinski definition) is 5. The molecule has 2 aliphatic heterocycles. The van der Waals surface area contributed by atoms with E-state index in [1.54, 1.807) is 12.0 Å². The first-order valence-electron chi connectivity index (χ1n) is 9.91. The highest BCUT2D eigenvalue weighted by molar-refractivity contribution is 7.91. The highest BCUT2D eigenvalue weighted by Crippen LogP contribution is 2.36. The summed E-state index contributed by atoms with van der Waals surface area (Å²) in [4.78, 5) is 17.1. The van der Waals surface area contributed by atoms with E-state index in [4.69, 9.17) is 4.74 Å². The Morgan fingerprint density at radius 2 is 1.74 bits per heavy atom. The van der Waals surface area contributed by atoms with Gasteiger partial charge >= 0.3 is 0 Å². The van der Waals surface area contributed by atoms with E-state index in [1.807, 2.05) is 24.3 Å². The van der Waals surface area contributed by atoms with Crippen molar-refractivity contribution in [2.45, 2.75) is 56.7 Å². The van der Waals surface area contributed by atoms with Gasteiger partial charge in [-0.05, 0) is 25.0 Å². The molecular formula is C20H28N2O4S. The number of carbonyl (C=O) groups excluding carboxylic acids is 1. The fourth-order valence-corrected chi connectivity index (χ4v) is 6.96. The lowest BCUT2D eigenvalue weighted by Crippen LogP contribution is -2.64. The van der Waals surface area contributed by atoms with Crippen LogP contribution in [0.25, 0.3) is 0 Å². The molecule has 1 amide bonds. The number of methoxy groups -OCH3 is 1. The third kappa shape index (κ3) is 3.72. The van der Waals surface area contributed by atoms with Crippen molar-refractivity contribution < 1.29 is 17.9 Å². The molecule has 0 aromatic heterocycles. The molecule has 6 nitrogen and oxygen atoms in total. The van der Waals surface area contributed by atoms with E-state index in [-0.39, 0.29) is 29.5 Å². The van der Waals surface area contributed by atoms with E-state index >= 15 is 0 Å². The van der Waals surface area contributed by atoms with E-state index in [1.165, 1.54) is 25.7 Å². The molecule has 1 saturated carbocycles. The zero-order valence-corrected chi connectivity index (χ0v) is 16.7. The van der Waals surface area contributed by atoms with Crippen LogP contribution >= 0.6 is 0 Å². The number of sulfone groups is 1. The van der Waals surface area contributed by atoms with E-state index in [2.05, 4.69) is 4.90 Å². The van der Waals surface area contributed by atoms with Gasteiger partial charge in [-0.2, -0.15) is 0 Å². The van der Waals surface area contributed by atoms with Crippen molar-refractivity contribution in [2.75, 3.05) is 30.1 Å². The minimum Gasteiger partial charge on any atom is -0.497 e. The van der Waals surface area contributed by atoms with Crippen LogP contribution in [0.2, 0.25) is 0 Å². The number of benzene rings is 1. The highest BCUT2D eigenvalue weighted by Gasteiger charge is 2.51. The molecule has 0 N–H and O–H groups in total. The number of piperazine rings is 1. The number of carbonyl (C=O) groups is 1. The molecule has 7 heteroatoms. The molecule has 2 heterocycles. The van der Waals surface area contributed by atoms with Crippen LogP contribution < -0.4 is 9.64 Å². The van der Waals surface area contributed by atoms with Gasteiger partial charge in [-0.15, -0.1) is 0 Å². The first kappa shape index (κ1) is 18.7. The minimum atomic E-state index is -3.16. The quantitative estimate of drug-likeness (QED) is 0.738. The molecule has 1 aliphatic carbocycles. The molecule has 0 bridgehead atoms. The fraction of sp³-hybridized carbons (Fsp3) is 0.650. The van der Waals surface area contributed by atoms with Crippen LogP contribution in [0.4, 0.5) is 5.69 Å². The number of nitrogens with zero attached hydrogens (tertiary/aromatic N) is 2. The highest BCUT2D eigenvalue weighted by atomic mass is 32.2. The van der Waals surface area contributed by atoms with Gasteiger partial charge in [0.15, 0.2) is 9.84 Å². The van der Waals surface area contributed by atoms with Crippen LogP contribution in [-0.4, -0.2) is 62.5 Å². The molecule has 2 saturated heterocycles. The number of rotatable bonds is 3. The van der Waals surface area contributed by atoms with Crippen molar-refractivity contribution in [1.82, 2.24) is 4.90 Å². The maximum atomic E-state index is 13.1. The van der Waals surface area contributed by atoms with Gasteiger partial charge in [0.25, 0.3) is 0 Å². The molecule has 1 aromatic carbocycles. The second-order valence-corrected chi connectivity index (χ2v) is 10.1. The van der Waals surface area contributed by atoms with Gasteiger partial charge in [-0.3, -0.25) is 9.69 Å². The lowest BCUT2D eigenvalue weighted by atomic mass is 9.97. The normalized spacial score (nSPS) is 29.4. The van der Waals surface area contributed by atoms with Crippen LogP contribution in [-0.2, 0) is 14.6 Å². The zero-order valence-electron chi connectivity index (χ0n) is 15.8. The number of anilines is 1. The third-order valence-corrected chi connectivity index (χ3v) is 7.96. The maximum absolute atomic E-state index is 13.1. The topological polar surface area (TPSA) is 66.9 Å². The molecule has 3 fully saturated rings. The largest absolute Gasteiger partial charge is 0.497 e. The summed E-state index contributed by atoms with van der Waals surface area (Å²) in [7, 11) is -1.57. The average molecular weight is 393 g/mol. The molecule has 148 valence electrons. The molecule has 0 spiro atoms. The number of fused-ring (bicyclic) bond motifs is 1. The molecule has 27 heavy (non-hydrogen) atoms. The monoisotopic (exact) mass is 392 g/mol. The number of amides is 1. The second kappa shape index (κ2) is 7.43. The second-order valence-electron chi connectivity index (χ2n) is 7.99. The zero-order chi connectivity index (χ0) is 19.0. The Hall–Kier alpha value is -1.60. The van der Waals surface area contributed by atoms with Gasteiger partial charge in [0, 0.05) is 23.8 Å². The third-order valence-electron chi connectivity index (χ3n) is 6.26. The molecule has 0 radical (unpaired) electrons. The summed E-state index contributed by atoms with van der Waals surface area (Å²) in [5.41, 5.74) is 0.729. The van der Waals surface area contributed by atoms with E-state index in [9.17, 15) is 13.2 Å².